The number of pyridine rings is 1. The largest absolute Gasteiger partial charge is 0.354 e. The number of aryl methyl sites for hydroxylation is 1. The van der Waals surface area contributed by atoms with E-state index in [1.54, 1.807) is 11.2 Å². The van der Waals surface area contributed by atoms with Crippen molar-refractivity contribution in [2.24, 2.45) is 0 Å². The van der Waals surface area contributed by atoms with E-state index in [4.69, 9.17) is 0 Å². The van der Waals surface area contributed by atoms with E-state index in [2.05, 4.69) is 21.0 Å². The SMILES string of the molecule is Cc1ccc(CN(C)c2cc(N3CCN(C)C(=O)C3)ncn2)nc1. The highest BCUT2D eigenvalue weighted by Crippen LogP contribution is 2.19. The van der Waals surface area contributed by atoms with Crippen LogP contribution in [-0.4, -0.2) is 59.5 Å². The Morgan fingerprint density at radius 3 is 2.75 bits per heavy atom. The van der Waals surface area contributed by atoms with Gasteiger partial charge in [0.25, 0.3) is 0 Å². The number of nitrogens with zero attached hydrogens (tertiary/aromatic N) is 6. The number of likely N-dealkylation sites (N-methyl/N-ethyl adjacent to an activating group) is 1. The zero-order valence-electron chi connectivity index (χ0n) is 14.3. The van der Waals surface area contributed by atoms with E-state index in [-0.39, 0.29) is 5.91 Å². The summed E-state index contributed by atoms with van der Waals surface area (Å²) in [5, 5.41) is 0. The van der Waals surface area contributed by atoms with Gasteiger partial charge < -0.3 is 14.7 Å². The number of anilines is 2. The molecule has 7 heteroatoms. The summed E-state index contributed by atoms with van der Waals surface area (Å²) in [7, 11) is 3.80. The lowest BCUT2D eigenvalue weighted by Gasteiger charge is -2.33. The van der Waals surface area contributed by atoms with E-state index < -0.39 is 0 Å². The maximum absolute atomic E-state index is 11.9. The van der Waals surface area contributed by atoms with Crippen molar-refractivity contribution in [2.75, 3.05) is 43.5 Å². The van der Waals surface area contributed by atoms with Crippen LogP contribution in [0.25, 0.3) is 0 Å². The molecule has 3 heterocycles. The first-order chi connectivity index (χ1) is 11.5. The Bertz CT molecular complexity index is 717. The van der Waals surface area contributed by atoms with Gasteiger partial charge in [-0.05, 0) is 18.6 Å². The molecule has 7 nitrogen and oxygen atoms in total. The van der Waals surface area contributed by atoms with Crippen molar-refractivity contribution in [1.29, 1.82) is 0 Å². The molecular formula is C17H22N6O. The van der Waals surface area contributed by atoms with Crippen LogP contribution in [0.4, 0.5) is 11.6 Å². The third-order valence-electron chi connectivity index (χ3n) is 4.18. The molecule has 2 aromatic heterocycles. The Morgan fingerprint density at radius 1 is 1.21 bits per heavy atom. The molecule has 1 amide bonds. The standard InChI is InChI=1S/C17H22N6O/c1-13-4-5-14(18-9-13)10-22(3)15-8-16(20-12-19-15)23-7-6-21(2)17(24)11-23/h4-5,8-9,12H,6-7,10-11H2,1-3H3. The number of hydrogen-bond donors (Lipinski definition) is 0. The number of carbonyl (C=O) groups excluding carboxylic acids is 1. The van der Waals surface area contributed by atoms with E-state index in [0.29, 0.717) is 19.6 Å². The van der Waals surface area contributed by atoms with E-state index in [1.807, 2.05) is 49.1 Å². The Labute approximate surface area is 142 Å². The van der Waals surface area contributed by atoms with Gasteiger partial charge in [-0.15, -0.1) is 0 Å². The summed E-state index contributed by atoms with van der Waals surface area (Å²) in [5.41, 5.74) is 2.13. The molecule has 0 N–H and O–H groups in total. The van der Waals surface area contributed by atoms with Crippen molar-refractivity contribution in [3.63, 3.8) is 0 Å². The first kappa shape index (κ1) is 16.2. The van der Waals surface area contributed by atoms with Crippen LogP contribution in [0.1, 0.15) is 11.3 Å². The predicted octanol–water partition coefficient (Wildman–Crippen LogP) is 1.09. The molecule has 1 fully saturated rings. The zero-order chi connectivity index (χ0) is 17.1. The average molecular weight is 326 g/mol. The summed E-state index contributed by atoms with van der Waals surface area (Å²) >= 11 is 0. The fraction of sp³-hybridized carbons (Fsp3) is 0.412. The van der Waals surface area contributed by atoms with Crippen LogP contribution in [0, 0.1) is 6.92 Å². The fourth-order valence-electron chi connectivity index (χ4n) is 2.59. The molecule has 1 aliphatic rings. The second-order valence-corrected chi connectivity index (χ2v) is 6.15. The van der Waals surface area contributed by atoms with Gasteiger partial charge >= 0.3 is 0 Å². The quantitative estimate of drug-likeness (QED) is 0.838. The van der Waals surface area contributed by atoms with Gasteiger partial charge in [0.2, 0.25) is 5.91 Å². The highest BCUT2D eigenvalue weighted by Gasteiger charge is 2.22. The Balaban J connectivity index is 1.72. The molecule has 0 saturated carbocycles. The smallest absolute Gasteiger partial charge is 0.241 e. The van der Waals surface area contributed by atoms with Crippen LogP contribution in [0.3, 0.4) is 0 Å². The van der Waals surface area contributed by atoms with Crippen LogP contribution in [0.15, 0.2) is 30.7 Å². The number of piperazine rings is 1. The van der Waals surface area contributed by atoms with E-state index in [0.717, 1.165) is 29.4 Å². The summed E-state index contributed by atoms with van der Waals surface area (Å²) in [5.74, 6) is 1.71. The summed E-state index contributed by atoms with van der Waals surface area (Å²) in [6.07, 6.45) is 3.41. The van der Waals surface area contributed by atoms with Gasteiger partial charge in [0.05, 0.1) is 18.8 Å². The zero-order valence-corrected chi connectivity index (χ0v) is 14.3. The fourth-order valence-corrected chi connectivity index (χ4v) is 2.59. The van der Waals surface area contributed by atoms with Gasteiger partial charge in [-0.25, -0.2) is 9.97 Å². The molecule has 0 radical (unpaired) electrons. The normalized spacial score (nSPS) is 14.9. The topological polar surface area (TPSA) is 65.5 Å². The predicted molar refractivity (Wildman–Crippen MR) is 93.0 cm³/mol. The average Bonchev–Trinajstić information content (AvgIpc) is 2.59. The lowest BCUT2D eigenvalue weighted by atomic mass is 10.2. The molecule has 0 unspecified atom stereocenters. The molecule has 2 aromatic rings. The second kappa shape index (κ2) is 6.82. The molecule has 0 atom stereocenters. The van der Waals surface area contributed by atoms with E-state index in [1.165, 1.54) is 0 Å². The minimum atomic E-state index is 0.110. The van der Waals surface area contributed by atoms with Gasteiger partial charge in [-0.3, -0.25) is 9.78 Å². The van der Waals surface area contributed by atoms with Crippen molar-refractivity contribution in [3.05, 3.63) is 42.0 Å². The van der Waals surface area contributed by atoms with Crippen LogP contribution in [0.2, 0.25) is 0 Å². The molecule has 0 aliphatic carbocycles. The number of aromatic nitrogens is 3. The van der Waals surface area contributed by atoms with E-state index >= 15 is 0 Å². The molecular weight excluding hydrogens is 304 g/mol. The maximum atomic E-state index is 11.9. The third kappa shape index (κ3) is 3.61. The van der Waals surface area contributed by atoms with Crippen molar-refractivity contribution in [2.45, 2.75) is 13.5 Å². The summed E-state index contributed by atoms with van der Waals surface area (Å²) in [4.78, 5) is 30.8. The van der Waals surface area contributed by atoms with Gasteiger partial charge in [-0.2, -0.15) is 0 Å². The van der Waals surface area contributed by atoms with Gasteiger partial charge in [0, 0.05) is 39.4 Å². The highest BCUT2D eigenvalue weighted by atomic mass is 16.2. The first-order valence-corrected chi connectivity index (χ1v) is 7.96. The van der Waals surface area contributed by atoms with Crippen LogP contribution in [-0.2, 0) is 11.3 Å². The lowest BCUT2D eigenvalue weighted by Crippen LogP contribution is -2.48. The maximum Gasteiger partial charge on any atom is 0.241 e. The Hall–Kier alpha value is -2.70. The number of amides is 1. The van der Waals surface area contributed by atoms with Gasteiger partial charge in [-0.1, -0.05) is 6.07 Å². The minimum Gasteiger partial charge on any atom is -0.354 e. The minimum absolute atomic E-state index is 0.110. The molecule has 24 heavy (non-hydrogen) atoms. The first-order valence-electron chi connectivity index (χ1n) is 7.96. The number of hydrogen-bond acceptors (Lipinski definition) is 6. The third-order valence-corrected chi connectivity index (χ3v) is 4.18. The Kier molecular flexibility index (Phi) is 4.59. The summed E-state index contributed by atoms with van der Waals surface area (Å²) in [6.45, 7) is 4.53. The lowest BCUT2D eigenvalue weighted by molar-refractivity contribution is -0.129. The Morgan fingerprint density at radius 2 is 2.04 bits per heavy atom. The molecule has 1 saturated heterocycles. The van der Waals surface area contributed by atoms with Crippen molar-refractivity contribution in [1.82, 2.24) is 19.9 Å². The van der Waals surface area contributed by atoms with Crippen LogP contribution in [0.5, 0.6) is 0 Å². The summed E-state index contributed by atoms with van der Waals surface area (Å²) < 4.78 is 0. The van der Waals surface area contributed by atoms with Crippen LogP contribution < -0.4 is 9.80 Å². The van der Waals surface area contributed by atoms with Crippen LogP contribution >= 0.6 is 0 Å². The highest BCUT2D eigenvalue weighted by molar-refractivity contribution is 5.82. The van der Waals surface area contributed by atoms with Gasteiger partial charge in [0.1, 0.15) is 18.0 Å². The van der Waals surface area contributed by atoms with E-state index in [9.17, 15) is 4.79 Å². The van der Waals surface area contributed by atoms with Crippen molar-refractivity contribution < 1.29 is 4.79 Å². The molecule has 3 rings (SSSR count). The summed E-state index contributed by atoms with van der Waals surface area (Å²) in [6, 6.07) is 6.00. The van der Waals surface area contributed by atoms with Gasteiger partial charge in [0.15, 0.2) is 0 Å². The molecule has 0 bridgehead atoms. The monoisotopic (exact) mass is 326 g/mol. The molecule has 0 aromatic carbocycles. The molecule has 1 aliphatic heterocycles. The van der Waals surface area contributed by atoms with Crippen molar-refractivity contribution in [3.8, 4) is 0 Å². The van der Waals surface area contributed by atoms with Crippen molar-refractivity contribution >= 4 is 17.5 Å². The molecule has 0 spiro atoms. The molecule has 126 valence electrons. The number of rotatable bonds is 4. The second-order valence-electron chi connectivity index (χ2n) is 6.15. The number of carbonyl (C=O) groups is 1.